The van der Waals surface area contributed by atoms with Crippen molar-refractivity contribution in [2.24, 2.45) is 11.7 Å². The second kappa shape index (κ2) is 5.85. The van der Waals surface area contributed by atoms with Crippen molar-refractivity contribution in [2.75, 3.05) is 6.54 Å². The maximum Gasteiger partial charge on any atom is 0.221 e. The number of hydrogen-bond donors (Lipinski definition) is 2. The molecule has 17 heavy (non-hydrogen) atoms. The van der Waals surface area contributed by atoms with Crippen LogP contribution in [0.5, 0.6) is 0 Å². The van der Waals surface area contributed by atoms with Gasteiger partial charge in [0.1, 0.15) is 0 Å². The molecule has 0 saturated heterocycles. The number of carbonyl (C=O) groups excluding carboxylic acids is 1. The maximum absolute atomic E-state index is 11.9. The Morgan fingerprint density at radius 2 is 1.76 bits per heavy atom. The molecule has 0 aromatic rings. The van der Waals surface area contributed by atoms with Gasteiger partial charge in [0.2, 0.25) is 5.91 Å². The molecule has 0 aromatic heterocycles. The molecule has 0 heterocycles. The molecule has 0 bridgehead atoms. The molecule has 0 aliphatic heterocycles. The van der Waals surface area contributed by atoms with Crippen molar-refractivity contribution in [1.29, 1.82) is 0 Å². The Kier molecular flexibility index (Phi) is 4.43. The zero-order valence-electron chi connectivity index (χ0n) is 10.8. The molecule has 0 atom stereocenters. The average Bonchev–Trinajstić information content (AvgIpc) is 2.79. The Balaban J connectivity index is 1.68. The molecule has 3 nitrogen and oxygen atoms in total. The predicted molar refractivity (Wildman–Crippen MR) is 69.6 cm³/mol. The van der Waals surface area contributed by atoms with Crippen LogP contribution >= 0.6 is 0 Å². The minimum absolute atomic E-state index is 0.168. The fraction of sp³-hybridized carbons (Fsp3) is 0.929. The number of carbonyl (C=O) groups is 1. The van der Waals surface area contributed by atoms with Gasteiger partial charge < -0.3 is 11.1 Å². The van der Waals surface area contributed by atoms with Crippen LogP contribution < -0.4 is 11.1 Å². The Bertz CT molecular complexity index is 253. The number of rotatable bonds is 4. The summed E-state index contributed by atoms with van der Waals surface area (Å²) in [5.41, 5.74) is 6.07. The van der Waals surface area contributed by atoms with Crippen LogP contribution in [-0.4, -0.2) is 18.0 Å². The first-order chi connectivity index (χ1) is 8.18. The normalized spacial score (nSPS) is 24.8. The zero-order valence-corrected chi connectivity index (χ0v) is 10.8. The lowest BCUT2D eigenvalue weighted by atomic mass is 9.80. The van der Waals surface area contributed by atoms with Crippen LogP contribution in [0.4, 0.5) is 0 Å². The zero-order chi connectivity index (χ0) is 12.1. The van der Waals surface area contributed by atoms with E-state index in [0.717, 1.165) is 25.3 Å². The van der Waals surface area contributed by atoms with E-state index in [1.54, 1.807) is 0 Å². The summed E-state index contributed by atoms with van der Waals surface area (Å²) in [4.78, 5) is 11.9. The minimum Gasteiger partial charge on any atom is -0.356 e. The van der Waals surface area contributed by atoms with Gasteiger partial charge in [0.15, 0.2) is 0 Å². The molecular weight excluding hydrogens is 212 g/mol. The molecule has 98 valence electrons. The summed E-state index contributed by atoms with van der Waals surface area (Å²) in [6, 6.07) is 0. The van der Waals surface area contributed by atoms with Crippen molar-refractivity contribution in [3.63, 3.8) is 0 Å². The van der Waals surface area contributed by atoms with E-state index in [1.807, 2.05) is 0 Å². The number of hydrogen-bond acceptors (Lipinski definition) is 2. The highest BCUT2D eigenvalue weighted by Gasteiger charge is 2.30. The van der Waals surface area contributed by atoms with Gasteiger partial charge in [-0.15, -0.1) is 0 Å². The van der Waals surface area contributed by atoms with E-state index >= 15 is 0 Å². The van der Waals surface area contributed by atoms with E-state index in [9.17, 15) is 4.79 Å². The first-order valence-electron chi connectivity index (χ1n) is 7.24. The second-order valence-corrected chi connectivity index (χ2v) is 6.05. The Hall–Kier alpha value is -0.570. The number of amides is 1. The highest BCUT2D eigenvalue weighted by Crippen LogP contribution is 2.28. The van der Waals surface area contributed by atoms with Crippen LogP contribution in [0.25, 0.3) is 0 Å². The van der Waals surface area contributed by atoms with Crippen LogP contribution in [0.1, 0.15) is 64.2 Å². The Morgan fingerprint density at radius 1 is 1.12 bits per heavy atom. The maximum atomic E-state index is 11.9. The minimum atomic E-state index is -0.210. The summed E-state index contributed by atoms with van der Waals surface area (Å²) in [5, 5.41) is 3.08. The van der Waals surface area contributed by atoms with Gasteiger partial charge in [0, 0.05) is 18.5 Å². The van der Waals surface area contributed by atoms with Crippen LogP contribution in [-0.2, 0) is 4.79 Å². The van der Waals surface area contributed by atoms with Gasteiger partial charge in [-0.25, -0.2) is 0 Å². The lowest BCUT2D eigenvalue weighted by Gasteiger charge is -2.32. The number of nitrogens with two attached hydrogens (primary N) is 1. The summed E-state index contributed by atoms with van der Waals surface area (Å²) in [5.74, 6) is 0.889. The molecule has 1 amide bonds. The van der Waals surface area contributed by atoms with Crippen LogP contribution in [0.3, 0.4) is 0 Å². The van der Waals surface area contributed by atoms with E-state index in [2.05, 4.69) is 5.32 Å². The summed E-state index contributed by atoms with van der Waals surface area (Å²) in [7, 11) is 0. The molecule has 0 spiro atoms. The third-order valence-corrected chi connectivity index (χ3v) is 4.42. The fourth-order valence-electron chi connectivity index (χ4n) is 3.29. The fourth-order valence-corrected chi connectivity index (χ4v) is 3.29. The molecular formula is C14H26N2O. The summed E-state index contributed by atoms with van der Waals surface area (Å²) in [6.07, 6.45) is 11.5. The van der Waals surface area contributed by atoms with Gasteiger partial charge in [-0.05, 0) is 31.6 Å². The molecule has 2 aliphatic carbocycles. The quantitative estimate of drug-likeness (QED) is 0.790. The highest BCUT2D eigenvalue weighted by molar-refractivity contribution is 5.77. The van der Waals surface area contributed by atoms with Crippen molar-refractivity contribution in [1.82, 2.24) is 5.32 Å². The molecule has 2 rings (SSSR count). The highest BCUT2D eigenvalue weighted by atomic mass is 16.1. The molecule has 0 radical (unpaired) electrons. The third kappa shape index (κ3) is 3.98. The summed E-state index contributed by atoms with van der Waals surface area (Å²) in [6.45, 7) is 0.870. The van der Waals surface area contributed by atoms with E-state index < -0.39 is 0 Å². The summed E-state index contributed by atoms with van der Waals surface area (Å²) < 4.78 is 0. The first-order valence-corrected chi connectivity index (χ1v) is 7.24. The lowest BCUT2D eigenvalue weighted by Crippen LogP contribution is -2.46. The van der Waals surface area contributed by atoms with Crippen molar-refractivity contribution in [3.8, 4) is 0 Å². The van der Waals surface area contributed by atoms with Crippen LogP contribution in [0, 0.1) is 5.92 Å². The summed E-state index contributed by atoms with van der Waals surface area (Å²) >= 11 is 0. The Morgan fingerprint density at radius 3 is 2.41 bits per heavy atom. The predicted octanol–water partition coefficient (Wildman–Crippen LogP) is 2.34. The topological polar surface area (TPSA) is 55.1 Å². The van der Waals surface area contributed by atoms with E-state index in [4.69, 9.17) is 5.73 Å². The first kappa shape index (κ1) is 12.9. The molecule has 0 unspecified atom stereocenters. The Labute approximate surface area is 105 Å². The van der Waals surface area contributed by atoms with Crippen LogP contribution in [0.2, 0.25) is 0 Å². The monoisotopic (exact) mass is 238 g/mol. The molecule has 2 fully saturated rings. The standard InChI is InChI=1S/C14H26N2O/c15-14(8-4-1-5-9-14)10-13(17)16-11-12-6-2-3-7-12/h12H,1-11,15H2,(H,16,17). The molecule has 3 heteroatoms. The van der Waals surface area contributed by atoms with Crippen molar-refractivity contribution in [2.45, 2.75) is 69.7 Å². The van der Waals surface area contributed by atoms with Gasteiger partial charge in [0.25, 0.3) is 0 Å². The lowest BCUT2D eigenvalue weighted by molar-refractivity contribution is -0.122. The smallest absolute Gasteiger partial charge is 0.221 e. The molecule has 2 saturated carbocycles. The van der Waals surface area contributed by atoms with Crippen molar-refractivity contribution >= 4 is 5.91 Å². The van der Waals surface area contributed by atoms with E-state index in [1.165, 1.54) is 44.9 Å². The molecule has 2 aliphatic rings. The SMILES string of the molecule is NC1(CC(=O)NCC2CCCC2)CCCCC1. The van der Waals surface area contributed by atoms with Crippen molar-refractivity contribution in [3.05, 3.63) is 0 Å². The van der Waals surface area contributed by atoms with Gasteiger partial charge in [0.05, 0.1) is 0 Å². The molecule has 3 N–H and O–H groups in total. The van der Waals surface area contributed by atoms with Gasteiger partial charge in [-0.1, -0.05) is 32.1 Å². The second-order valence-electron chi connectivity index (χ2n) is 6.05. The largest absolute Gasteiger partial charge is 0.356 e. The average molecular weight is 238 g/mol. The van der Waals surface area contributed by atoms with Crippen LogP contribution in [0.15, 0.2) is 0 Å². The van der Waals surface area contributed by atoms with Gasteiger partial charge in [-0.2, -0.15) is 0 Å². The van der Waals surface area contributed by atoms with Crippen molar-refractivity contribution < 1.29 is 4.79 Å². The third-order valence-electron chi connectivity index (χ3n) is 4.42. The molecule has 0 aromatic carbocycles. The number of nitrogens with one attached hydrogen (secondary N) is 1. The van der Waals surface area contributed by atoms with Gasteiger partial charge in [-0.3, -0.25) is 4.79 Å². The van der Waals surface area contributed by atoms with E-state index in [0.29, 0.717) is 6.42 Å². The van der Waals surface area contributed by atoms with E-state index in [-0.39, 0.29) is 11.4 Å². The van der Waals surface area contributed by atoms with Gasteiger partial charge >= 0.3 is 0 Å².